The highest BCUT2D eigenvalue weighted by atomic mass is 16.6. The van der Waals surface area contributed by atoms with Crippen LogP contribution < -0.4 is 0 Å². The van der Waals surface area contributed by atoms with Crippen molar-refractivity contribution in [2.75, 3.05) is 13.2 Å². The average molecular weight is 934 g/mol. The van der Waals surface area contributed by atoms with Gasteiger partial charge >= 0.3 is 17.9 Å². The van der Waals surface area contributed by atoms with E-state index in [4.69, 9.17) is 14.2 Å². The molecule has 0 aliphatic rings. The molecule has 0 saturated heterocycles. The van der Waals surface area contributed by atoms with Gasteiger partial charge in [-0.15, -0.1) is 0 Å². The first-order valence-corrected chi connectivity index (χ1v) is 29.7. The van der Waals surface area contributed by atoms with E-state index in [1.807, 2.05) is 0 Å². The van der Waals surface area contributed by atoms with Gasteiger partial charge in [-0.05, 0) is 31.1 Å². The Morgan fingerprint density at radius 3 is 0.742 bits per heavy atom. The van der Waals surface area contributed by atoms with Crippen LogP contribution in [0.25, 0.3) is 0 Å². The second kappa shape index (κ2) is 52.8. The van der Waals surface area contributed by atoms with Crippen LogP contribution in [0.1, 0.15) is 336 Å². The zero-order chi connectivity index (χ0) is 48.2. The summed E-state index contributed by atoms with van der Waals surface area (Å²) in [5, 5.41) is 0. The summed E-state index contributed by atoms with van der Waals surface area (Å²) in [7, 11) is 0. The van der Waals surface area contributed by atoms with E-state index in [1.165, 1.54) is 225 Å². The molecule has 0 aliphatic carbocycles. The van der Waals surface area contributed by atoms with Crippen molar-refractivity contribution in [3.63, 3.8) is 0 Å². The predicted molar refractivity (Wildman–Crippen MR) is 284 cm³/mol. The minimum absolute atomic E-state index is 0.0624. The molecule has 0 rings (SSSR count). The molecule has 0 radical (unpaired) electrons. The van der Waals surface area contributed by atoms with E-state index in [0.717, 1.165) is 69.6 Å². The van der Waals surface area contributed by atoms with Crippen LogP contribution in [0.15, 0.2) is 0 Å². The van der Waals surface area contributed by atoms with Gasteiger partial charge in [0, 0.05) is 19.3 Å². The molecule has 6 nitrogen and oxygen atoms in total. The number of hydrogen-bond donors (Lipinski definition) is 0. The molecule has 6 heteroatoms. The van der Waals surface area contributed by atoms with E-state index in [2.05, 4.69) is 34.6 Å². The van der Waals surface area contributed by atoms with E-state index in [0.29, 0.717) is 19.3 Å². The molecule has 0 saturated carbocycles. The Kier molecular flexibility index (Phi) is 51.5. The second-order valence-electron chi connectivity index (χ2n) is 21.6. The highest BCUT2D eigenvalue weighted by molar-refractivity contribution is 5.71. The lowest BCUT2D eigenvalue weighted by atomic mass is 10.0. The molecule has 0 fully saturated rings. The van der Waals surface area contributed by atoms with Gasteiger partial charge in [-0.3, -0.25) is 14.4 Å². The summed E-state index contributed by atoms with van der Waals surface area (Å²) >= 11 is 0. The summed E-state index contributed by atoms with van der Waals surface area (Å²) in [4.78, 5) is 38.2. The summed E-state index contributed by atoms with van der Waals surface area (Å²) in [5.41, 5.74) is 0. The average Bonchev–Trinajstić information content (AvgIpc) is 3.29. The molecule has 0 aromatic rings. The lowest BCUT2D eigenvalue weighted by molar-refractivity contribution is -0.167. The SMILES string of the molecule is CCCCCCCCCCCCCCCCC(=O)OC[C@H](COC(=O)CCCCCCCCCCCCCCCCCCC(C)C)OC(=O)CCCCCCCCCCCCCCC(C)C. The highest BCUT2D eigenvalue weighted by Gasteiger charge is 2.19. The third-order valence-electron chi connectivity index (χ3n) is 13.7. The first-order valence-electron chi connectivity index (χ1n) is 29.7. The van der Waals surface area contributed by atoms with Crippen LogP contribution >= 0.6 is 0 Å². The van der Waals surface area contributed by atoms with Crippen LogP contribution in [0, 0.1) is 11.8 Å². The third-order valence-corrected chi connectivity index (χ3v) is 13.7. The standard InChI is InChI=1S/C60H116O6/c1-6-7-8-9-10-11-12-13-19-25-30-35-40-45-50-58(61)64-53-57(66-60(63)52-47-42-37-32-27-22-21-24-29-34-39-44-49-56(4)5)54-65-59(62)51-46-41-36-31-26-20-17-15-14-16-18-23-28-33-38-43-48-55(2)3/h55-57H,6-54H2,1-5H3/t57-/m1/s1. The maximum Gasteiger partial charge on any atom is 0.306 e. The molecule has 0 N–H and O–H groups in total. The number of carbonyl (C=O) groups is 3. The smallest absolute Gasteiger partial charge is 0.306 e. The first-order chi connectivity index (χ1) is 32.2. The maximum absolute atomic E-state index is 12.9. The van der Waals surface area contributed by atoms with Gasteiger partial charge in [0.15, 0.2) is 6.10 Å². The molecule has 66 heavy (non-hydrogen) atoms. The van der Waals surface area contributed by atoms with E-state index in [-0.39, 0.29) is 31.1 Å². The predicted octanol–water partition coefficient (Wildman–Crippen LogP) is 19.7. The summed E-state index contributed by atoms with van der Waals surface area (Å²) in [5.74, 6) is 0.848. The summed E-state index contributed by atoms with van der Waals surface area (Å²) in [6.07, 6.45) is 56.6. The van der Waals surface area contributed by atoms with Gasteiger partial charge in [0.25, 0.3) is 0 Å². The van der Waals surface area contributed by atoms with Crippen LogP contribution in [-0.2, 0) is 28.6 Å². The number of hydrogen-bond acceptors (Lipinski definition) is 6. The molecule has 392 valence electrons. The first kappa shape index (κ1) is 64.4. The number of rotatable bonds is 54. The van der Waals surface area contributed by atoms with Crippen LogP contribution in [0.3, 0.4) is 0 Å². The van der Waals surface area contributed by atoms with Gasteiger partial charge < -0.3 is 14.2 Å². The van der Waals surface area contributed by atoms with Crippen LogP contribution in [-0.4, -0.2) is 37.2 Å². The van der Waals surface area contributed by atoms with Crippen LogP contribution in [0.5, 0.6) is 0 Å². The normalized spacial score (nSPS) is 12.0. The molecule has 0 aromatic heterocycles. The van der Waals surface area contributed by atoms with E-state index in [9.17, 15) is 14.4 Å². The van der Waals surface area contributed by atoms with Crippen molar-refractivity contribution >= 4 is 17.9 Å². The Morgan fingerprint density at radius 2 is 0.500 bits per heavy atom. The van der Waals surface area contributed by atoms with Crippen molar-refractivity contribution in [1.82, 2.24) is 0 Å². The highest BCUT2D eigenvalue weighted by Crippen LogP contribution is 2.18. The molecule has 0 unspecified atom stereocenters. The Morgan fingerprint density at radius 1 is 0.288 bits per heavy atom. The molecule has 0 aromatic carbocycles. The molecular weight excluding hydrogens is 817 g/mol. The van der Waals surface area contributed by atoms with E-state index in [1.54, 1.807) is 0 Å². The van der Waals surface area contributed by atoms with Crippen molar-refractivity contribution in [3.05, 3.63) is 0 Å². The minimum atomic E-state index is -0.763. The summed E-state index contributed by atoms with van der Waals surface area (Å²) < 4.78 is 16.9. The zero-order valence-corrected chi connectivity index (χ0v) is 45.3. The molecule has 0 bridgehead atoms. The minimum Gasteiger partial charge on any atom is -0.462 e. The molecular formula is C60H116O6. The number of carbonyl (C=O) groups excluding carboxylic acids is 3. The van der Waals surface area contributed by atoms with Gasteiger partial charge in [0.05, 0.1) is 0 Å². The Labute approximate surface area is 412 Å². The molecule has 1 atom stereocenters. The van der Waals surface area contributed by atoms with Crippen molar-refractivity contribution in [2.45, 2.75) is 343 Å². The van der Waals surface area contributed by atoms with Gasteiger partial charge in [-0.2, -0.15) is 0 Å². The quantitative estimate of drug-likeness (QED) is 0.0343. The fourth-order valence-electron chi connectivity index (χ4n) is 9.23. The Balaban J connectivity index is 4.28. The van der Waals surface area contributed by atoms with Crippen molar-refractivity contribution in [1.29, 1.82) is 0 Å². The Bertz CT molecular complexity index is 1010. The largest absolute Gasteiger partial charge is 0.462 e. The monoisotopic (exact) mass is 933 g/mol. The van der Waals surface area contributed by atoms with Crippen molar-refractivity contribution in [2.24, 2.45) is 11.8 Å². The van der Waals surface area contributed by atoms with Crippen molar-refractivity contribution in [3.8, 4) is 0 Å². The number of unbranched alkanes of at least 4 members (excludes halogenated alkanes) is 39. The maximum atomic E-state index is 12.9. The number of ether oxygens (including phenoxy) is 3. The second-order valence-corrected chi connectivity index (χ2v) is 21.6. The molecule has 0 spiro atoms. The molecule has 0 heterocycles. The van der Waals surface area contributed by atoms with E-state index < -0.39 is 6.10 Å². The van der Waals surface area contributed by atoms with Crippen molar-refractivity contribution < 1.29 is 28.6 Å². The Hall–Kier alpha value is -1.59. The van der Waals surface area contributed by atoms with Crippen LogP contribution in [0.2, 0.25) is 0 Å². The number of esters is 3. The third kappa shape index (κ3) is 53.4. The lowest BCUT2D eigenvalue weighted by Gasteiger charge is -2.18. The topological polar surface area (TPSA) is 78.9 Å². The lowest BCUT2D eigenvalue weighted by Crippen LogP contribution is -2.30. The fraction of sp³-hybridized carbons (Fsp3) is 0.950. The molecule has 0 aliphatic heterocycles. The van der Waals surface area contributed by atoms with Gasteiger partial charge in [-0.25, -0.2) is 0 Å². The van der Waals surface area contributed by atoms with Gasteiger partial charge in [-0.1, -0.05) is 298 Å². The fourth-order valence-corrected chi connectivity index (χ4v) is 9.23. The van der Waals surface area contributed by atoms with Crippen LogP contribution in [0.4, 0.5) is 0 Å². The summed E-state index contributed by atoms with van der Waals surface area (Å²) in [6, 6.07) is 0. The van der Waals surface area contributed by atoms with Gasteiger partial charge in [0.1, 0.15) is 13.2 Å². The van der Waals surface area contributed by atoms with Gasteiger partial charge in [0.2, 0.25) is 0 Å². The zero-order valence-electron chi connectivity index (χ0n) is 45.3. The molecule has 0 amide bonds. The summed E-state index contributed by atoms with van der Waals surface area (Å²) in [6.45, 7) is 11.4. The van der Waals surface area contributed by atoms with E-state index >= 15 is 0 Å².